The van der Waals surface area contributed by atoms with Crippen LogP contribution in [0, 0.1) is 11.8 Å². The lowest BCUT2D eigenvalue weighted by Crippen LogP contribution is -2.50. The number of nitrogen functional groups attached to an aromatic ring is 1. The van der Waals surface area contributed by atoms with Crippen molar-refractivity contribution in [2.24, 2.45) is 11.8 Å². The molecular weight excluding hydrogens is 410 g/mol. The molecule has 0 amide bonds. The largest absolute Gasteiger partial charge is 0.507 e. The molecule has 0 fully saturated rings. The van der Waals surface area contributed by atoms with Gasteiger partial charge in [0.1, 0.15) is 11.5 Å². The molecule has 3 N–H and O–H groups in total. The number of hydrogen-bond donors (Lipinski definition) is 2. The fourth-order valence-corrected chi connectivity index (χ4v) is 6.08. The highest BCUT2D eigenvalue weighted by Gasteiger charge is 2.51. The van der Waals surface area contributed by atoms with Gasteiger partial charge in [0.25, 0.3) is 0 Å². The Morgan fingerprint density at radius 2 is 1.77 bits per heavy atom. The highest BCUT2D eigenvalue weighted by molar-refractivity contribution is 6.69. The Bertz CT molecular complexity index is 1160. The Kier molecular flexibility index (Phi) is 5.02. The van der Waals surface area contributed by atoms with Crippen LogP contribution in [0.2, 0.25) is 19.6 Å². The van der Waals surface area contributed by atoms with Crippen LogP contribution in [0.4, 0.5) is 5.69 Å². The van der Waals surface area contributed by atoms with Gasteiger partial charge >= 0.3 is 0 Å². The molecule has 0 saturated heterocycles. The third kappa shape index (κ3) is 3.18. The number of nitrogens with two attached hydrogens (primary N) is 1. The smallest absolute Gasteiger partial charge is 0.184 e. The number of anilines is 1. The number of carbonyl (C=O) groups excluding carboxylic acids is 2. The topological polar surface area (TPSA) is 98.9 Å². The van der Waals surface area contributed by atoms with Crippen LogP contribution in [-0.2, 0) is 4.43 Å². The van der Waals surface area contributed by atoms with Gasteiger partial charge in [-0.15, -0.1) is 0 Å². The first-order valence-electron chi connectivity index (χ1n) is 10.5. The van der Waals surface area contributed by atoms with Gasteiger partial charge in [-0.25, -0.2) is 0 Å². The summed E-state index contributed by atoms with van der Waals surface area (Å²) in [5, 5.41) is 11.9. The van der Waals surface area contributed by atoms with E-state index in [1.54, 1.807) is 18.2 Å². The summed E-state index contributed by atoms with van der Waals surface area (Å²) < 4.78 is 11.9. The maximum Gasteiger partial charge on any atom is 0.184 e. The van der Waals surface area contributed by atoms with Crippen LogP contribution in [0.15, 0.2) is 29.3 Å². The second-order valence-corrected chi connectivity index (χ2v) is 14.0. The van der Waals surface area contributed by atoms with Gasteiger partial charge < -0.3 is 20.0 Å². The number of methoxy groups -OCH3 is 1. The number of Topliss-reactive ketones (excluding diaryl/α,β-unsaturated/α-hetero) is 2. The minimum atomic E-state index is -2.02. The van der Waals surface area contributed by atoms with Crippen molar-refractivity contribution in [1.29, 1.82) is 0 Å². The number of aromatic hydroxyl groups is 1. The second kappa shape index (κ2) is 7.21. The van der Waals surface area contributed by atoms with E-state index in [1.807, 2.05) is 13.8 Å². The van der Waals surface area contributed by atoms with E-state index in [9.17, 15) is 14.7 Å². The molecule has 4 rings (SSSR count). The van der Waals surface area contributed by atoms with Crippen molar-refractivity contribution in [3.05, 3.63) is 40.5 Å². The molecule has 2 aromatic rings. The van der Waals surface area contributed by atoms with E-state index in [0.717, 1.165) is 11.1 Å². The molecule has 0 aromatic heterocycles. The van der Waals surface area contributed by atoms with Crippen molar-refractivity contribution in [1.82, 2.24) is 0 Å². The fourth-order valence-electron chi connectivity index (χ4n) is 5.00. The highest BCUT2D eigenvalue weighted by atomic mass is 28.4. The Morgan fingerprint density at radius 1 is 1.10 bits per heavy atom. The van der Waals surface area contributed by atoms with Crippen molar-refractivity contribution in [3.8, 4) is 11.5 Å². The molecule has 0 bridgehead atoms. The van der Waals surface area contributed by atoms with E-state index in [2.05, 4.69) is 19.6 Å². The van der Waals surface area contributed by atoms with Crippen molar-refractivity contribution >= 4 is 36.3 Å². The van der Waals surface area contributed by atoms with E-state index in [1.165, 1.54) is 7.11 Å². The van der Waals surface area contributed by atoms with Crippen LogP contribution in [0.25, 0.3) is 10.8 Å². The number of carbonyl (C=O) groups is 2. The number of phenols is 1. The zero-order valence-corrected chi connectivity index (χ0v) is 19.8. The molecule has 6 nitrogen and oxygen atoms in total. The summed E-state index contributed by atoms with van der Waals surface area (Å²) in [5.74, 6) is -1.47. The minimum Gasteiger partial charge on any atom is -0.507 e. The predicted octanol–water partition coefficient (Wildman–Crippen LogP) is 4.71. The predicted molar refractivity (Wildman–Crippen MR) is 123 cm³/mol. The molecule has 0 spiro atoms. The van der Waals surface area contributed by atoms with Gasteiger partial charge in [0, 0.05) is 11.3 Å². The lowest BCUT2D eigenvalue weighted by Gasteiger charge is -2.43. The molecule has 0 heterocycles. The molecule has 0 aliphatic heterocycles. The number of rotatable bonds is 3. The molecule has 3 atom stereocenters. The SMILES string of the molecule is COc1cccc2c(O)c3c(c(N)c12)C(=O)[C@@H]1[C@@H](CC(C)=C(C)[C@@H]1O[Si](C)(C)C)C3=O. The minimum absolute atomic E-state index is 0.0311. The van der Waals surface area contributed by atoms with Gasteiger partial charge in [-0.3, -0.25) is 9.59 Å². The van der Waals surface area contributed by atoms with Gasteiger partial charge in [0.05, 0.1) is 41.3 Å². The molecule has 31 heavy (non-hydrogen) atoms. The quantitative estimate of drug-likeness (QED) is 0.311. The zero-order valence-electron chi connectivity index (χ0n) is 18.8. The van der Waals surface area contributed by atoms with Gasteiger partial charge in [0.15, 0.2) is 19.9 Å². The summed E-state index contributed by atoms with van der Waals surface area (Å²) in [6.45, 7) is 10.2. The average Bonchev–Trinajstić information content (AvgIpc) is 2.70. The molecule has 2 aliphatic carbocycles. The van der Waals surface area contributed by atoms with E-state index in [0.29, 0.717) is 22.9 Å². The molecule has 0 radical (unpaired) electrons. The monoisotopic (exact) mass is 439 g/mol. The third-order valence-corrected chi connectivity index (χ3v) is 7.49. The normalized spacial score (nSPS) is 23.7. The zero-order chi connectivity index (χ0) is 22.8. The first-order valence-corrected chi connectivity index (χ1v) is 13.9. The molecule has 0 unspecified atom stereocenters. The van der Waals surface area contributed by atoms with Gasteiger partial charge in [-0.1, -0.05) is 17.7 Å². The van der Waals surface area contributed by atoms with Crippen LogP contribution >= 0.6 is 0 Å². The first-order chi connectivity index (χ1) is 14.5. The second-order valence-electron chi connectivity index (χ2n) is 9.57. The molecule has 2 aliphatic rings. The van der Waals surface area contributed by atoms with Crippen molar-refractivity contribution in [3.63, 3.8) is 0 Å². The third-order valence-electron chi connectivity index (χ3n) is 6.53. The van der Waals surface area contributed by atoms with Crippen LogP contribution in [0.5, 0.6) is 11.5 Å². The number of ketones is 2. The fraction of sp³-hybridized carbons (Fsp3) is 0.417. The summed E-state index contributed by atoms with van der Waals surface area (Å²) in [5.41, 5.74) is 8.85. The molecule has 7 heteroatoms. The summed E-state index contributed by atoms with van der Waals surface area (Å²) in [6.07, 6.45) is 0.00611. The Morgan fingerprint density at radius 3 is 2.39 bits per heavy atom. The summed E-state index contributed by atoms with van der Waals surface area (Å²) in [6, 6.07) is 5.12. The Hall–Kier alpha value is -2.64. The van der Waals surface area contributed by atoms with E-state index >= 15 is 0 Å². The number of phenolic OH excluding ortho intramolecular Hbond substituents is 1. The lowest BCUT2D eigenvalue weighted by atomic mass is 9.64. The van der Waals surface area contributed by atoms with E-state index in [-0.39, 0.29) is 34.1 Å². The molecular formula is C24H29NO5Si. The van der Waals surface area contributed by atoms with Crippen LogP contribution in [-0.4, -0.2) is 38.2 Å². The first kappa shape index (κ1) is 21.6. The standard InChI is InChI=1S/C24H29NO5Si/c1-11-10-14-17(24(12(11)2)30-31(4,5)6)23(28)18-19(22(14)27)21(26)13-8-7-9-15(29-3)16(13)20(18)25/h7-9,14,17,24,26H,10,25H2,1-6H3/t14-,17+,24+/m1/s1. The maximum atomic E-state index is 13.9. The van der Waals surface area contributed by atoms with Crippen molar-refractivity contribution in [2.45, 2.75) is 46.0 Å². The summed E-state index contributed by atoms with van der Waals surface area (Å²) >= 11 is 0. The molecule has 164 valence electrons. The number of ether oxygens (including phenoxy) is 1. The number of hydrogen-bond acceptors (Lipinski definition) is 6. The molecule has 0 saturated carbocycles. The van der Waals surface area contributed by atoms with Gasteiger partial charge in [0.2, 0.25) is 0 Å². The van der Waals surface area contributed by atoms with Crippen molar-refractivity contribution in [2.75, 3.05) is 12.8 Å². The summed E-state index contributed by atoms with van der Waals surface area (Å²) in [4.78, 5) is 27.6. The van der Waals surface area contributed by atoms with Crippen LogP contribution < -0.4 is 10.5 Å². The van der Waals surface area contributed by atoms with E-state index in [4.69, 9.17) is 14.9 Å². The van der Waals surface area contributed by atoms with Crippen LogP contribution in [0.1, 0.15) is 41.0 Å². The highest BCUT2D eigenvalue weighted by Crippen LogP contribution is 2.50. The maximum absolute atomic E-state index is 13.9. The number of allylic oxidation sites excluding steroid dienone is 1. The lowest BCUT2D eigenvalue weighted by molar-refractivity contribution is 0.0524. The molecule has 2 aromatic carbocycles. The van der Waals surface area contributed by atoms with Crippen LogP contribution in [0.3, 0.4) is 0 Å². The van der Waals surface area contributed by atoms with Crippen molar-refractivity contribution < 1.29 is 23.9 Å². The average molecular weight is 440 g/mol. The summed E-state index contributed by atoms with van der Waals surface area (Å²) in [7, 11) is -0.513. The van der Waals surface area contributed by atoms with Gasteiger partial charge in [-0.05, 0) is 51.5 Å². The number of benzene rings is 2. The Labute approximate surface area is 183 Å². The Balaban J connectivity index is 2.00. The van der Waals surface area contributed by atoms with E-state index < -0.39 is 26.3 Å². The van der Waals surface area contributed by atoms with Gasteiger partial charge in [-0.2, -0.15) is 0 Å². The number of fused-ring (bicyclic) bond motifs is 3.